The van der Waals surface area contributed by atoms with Crippen LogP contribution in [0.25, 0.3) is 0 Å². The Morgan fingerprint density at radius 3 is 2.52 bits per heavy atom. The Bertz CT molecular complexity index is 815. The van der Waals surface area contributed by atoms with Crippen molar-refractivity contribution in [3.8, 4) is 5.75 Å². The maximum absolute atomic E-state index is 12.6. The minimum atomic E-state index is -0.655. The second kappa shape index (κ2) is 8.44. The first-order valence-electron chi connectivity index (χ1n) is 8.86. The first kappa shape index (κ1) is 19.2. The summed E-state index contributed by atoms with van der Waals surface area (Å²) in [5.74, 6) is 0.0346. The Labute approximate surface area is 163 Å². The number of carbonyl (C=O) groups excluding carboxylic acids is 2. The summed E-state index contributed by atoms with van der Waals surface area (Å²) in [4.78, 5) is 24.7. The second-order valence-electron chi connectivity index (χ2n) is 6.65. The molecular formula is C21H22ClNO4. The molecule has 0 saturated heterocycles. The molecule has 0 bridgehead atoms. The molecule has 0 aromatic heterocycles. The third kappa shape index (κ3) is 4.42. The molecule has 0 radical (unpaired) electrons. The molecule has 5 nitrogen and oxygen atoms in total. The molecule has 1 aliphatic carbocycles. The van der Waals surface area contributed by atoms with Crippen LogP contribution in [-0.2, 0) is 26.3 Å². The van der Waals surface area contributed by atoms with Gasteiger partial charge >= 0.3 is 5.97 Å². The SMILES string of the molecule is COc1cccc(CNC(=O)COC(=O)C2(c3ccc(Cl)cc3)CCC2)c1. The van der Waals surface area contributed by atoms with E-state index in [4.69, 9.17) is 21.1 Å². The molecule has 27 heavy (non-hydrogen) atoms. The average molecular weight is 388 g/mol. The van der Waals surface area contributed by atoms with Gasteiger partial charge in [-0.2, -0.15) is 0 Å². The number of amides is 1. The van der Waals surface area contributed by atoms with Crippen molar-refractivity contribution >= 4 is 23.5 Å². The summed E-state index contributed by atoms with van der Waals surface area (Å²) in [5.41, 5.74) is 1.14. The number of rotatable bonds is 7. The van der Waals surface area contributed by atoms with Crippen molar-refractivity contribution in [2.45, 2.75) is 31.2 Å². The van der Waals surface area contributed by atoms with Crippen molar-refractivity contribution in [2.24, 2.45) is 0 Å². The molecule has 0 atom stereocenters. The lowest BCUT2D eigenvalue weighted by Crippen LogP contribution is -2.44. The van der Waals surface area contributed by atoms with Crippen LogP contribution in [0.5, 0.6) is 5.75 Å². The smallest absolute Gasteiger partial charge is 0.317 e. The largest absolute Gasteiger partial charge is 0.497 e. The van der Waals surface area contributed by atoms with E-state index in [-0.39, 0.29) is 18.5 Å². The van der Waals surface area contributed by atoms with Crippen LogP contribution in [0.15, 0.2) is 48.5 Å². The Morgan fingerprint density at radius 1 is 1.15 bits per heavy atom. The summed E-state index contributed by atoms with van der Waals surface area (Å²) >= 11 is 5.93. The average Bonchev–Trinajstić information content (AvgIpc) is 2.65. The number of carbonyl (C=O) groups is 2. The number of methoxy groups -OCH3 is 1. The molecule has 3 rings (SSSR count). The predicted octanol–water partition coefficient (Wildman–Crippen LogP) is 3.63. The fourth-order valence-electron chi connectivity index (χ4n) is 3.21. The lowest BCUT2D eigenvalue weighted by molar-refractivity contribution is -0.157. The van der Waals surface area contributed by atoms with Crippen molar-refractivity contribution < 1.29 is 19.1 Å². The Kier molecular flexibility index (Phi) is 6.01. The molecule has 1 amide bonds. The number of benzene rings is 2. The number of hydrogen-bond acceptors (Lipinski definition) is 4. The van der Waals surface area contributed by atoms with Gasteiger partial charge in [0.25, 0.3) is 5.91 Å². The van der Waals surface area contributed by atoms with Gasteiger partial charge in [0, 0.05) is 11.6 Å². The highest BCUT2D eigenvalue weighted by Crippen LogP contribution is 2.45. The van der Waals surface area contributed by atoms with Gasteiger partial charge in [0.1, 0.15) is 5.75 Å². The standard InChI is InChI=1S/C21H22ClNO4/c1-26-18-5-2-4-15(12-18)13-23-19(24)14-27-20(25)21(10-3-11-21)16-6-8-17(22)9-7-16/h2,4-9,12H,3,10-11,13-14H2,1H3,(H,23,24). The summed E-state index contributed by atoms with van der Waals surface area (Å²) in [7, 11) is 1.59. The van der Waals surface area contributed by atoms with Gasteiger partial charge in [-0.05, 0) is 48.2 Å². The van der Waals surface area contributed by atoms with Crippen LogP contribution in [-0.4, -0.2) is 25.6 Å². The van der Waals surface area contributed by atoms with E-state index >= 15 is 0 Å². The zero-order valence-corrected chi connectivity index (χ0v) is 15.9. The second-order valence-corrected chi connectivity index (χ2v) is 7.08. The van der Waals surface area contributed by atoms with Crippen LogP contribution in [0.1, 0.15) is 30.4 Å². The molecule has 1 saturated carbocycles. The van der Waals surface area contributed by atoms with Crippen LogP contribution in [0.3, 0.4) is 0 Å². The summed E-state index contributed by atoms with van der Waals surface area (Å²) < 4.78 is 10.5. The van der Waals surface area contributed by atoms with Gasteiger partial charge in [0.05, 0.1) is 12.5 Å². The molecule has 0 aliphatic heterocycles. The molecule has 1 aliphatic rings. The lowest BCUT2D eigenvalue weighted by Gasteiger charge is -2.39. The van der Waals surface area contributed by atoms with Gasteiger partial charge in [0.15, 0.2) is 6.61 Å². The van der Waals surface area contributed by atoms with E-state index in [0.717, 1.165) is 36.1 Å². The Balaban J connectivity index is 1.53. The summed E-state index contributed by atoms with van der Waals surface area (Å²) in [6.45, 7) is 0.0497. The molecule has 0 heterocycles. The van der Waals surface area contributed by atoms with Crippen molar-refractivity contribution in [1.82, 2.24) is 5.32 Å². The van der Waals surface area contributed by atoms with E-state index in [1.165, 1.54) is 0 Å². The van der Waals surface area contributed by atoms with E-state index in [2.05, 4.69) is 5.32 Å². The molecule has 1 N–H and O–H groups in total. The Hall–Kier alpha value is -2.53. The van der Waals surface area contributed by atoms with Gasteiger partial charge in [-0.25, -0.2) is 0 Å². The normalized spacial score (nSPS) is 14.7. The van der Waals surface area contributed by atoms with Crippen molar-refractivity contribution in [2.75, 3.05) is 13.7 Å². The van der Waals surface area contributed by atoms with Gasteiger partial charge < -0.3 is 14.8 Å². The molecule has 0 unspecified atom stereocenters. The van der Waals surface area contributed by atoms with Crippen LogP contribution < -0.4 is 10.1 Å². The molecule has 142 valence electrons. The third-order valence-electron chi connectivity index (χ3n) is 4.95. The summed E-state index contributed by atoms with van der Waals surface area (Å²) in [6.07, 6.45) is 2.40. The van der Waals surface area contributed by atoms with Crippen LogP contribution in [0, 0.1) is 0 Å². The van der Waals surface area contributed by atoms with Crippen LogP contribution in [0.2, 0.25) is 5.02 Å². The highest BCUT2D eigenvalue weighted by atomic mass is 35.5. The number of halogens is 1. The number of ether oxygens (including phenoxy) is 2. The van der Waals surface area contributed by atoms with Crippen molar-refractivity contribution in [3.63, 3.8) is 0 Å². The van der Waals surface area contributed by atoms with Crippen molar-refractivity contribution in [1.29, 1.82) is 0 Å². The van der Waals surface area contributed by atoms with Crippen molar-refractivity contribution in [3.05, 3.63) is 64.7 Å². The molecule has 0 spiro atoms. The maximum Gasteiger partial charge on any atom is 0.317 e. The fraction of sp³-hybridized carbons (Fsp3) is 0.333. The quantitative estimate of drug-likeness (QED) is 0.737. The highest BCUT2D eigenvalue weighted by molar-refractivity contribution is 6.30. The molecular weight excluding hydrogens is 366 g/mol. The number of esters is 1. The lowest BCUT2D eigenvalue weighted by atomic mass is 9.64. The van der Waals surface area contributed by atoms with E-state index in [0.29, 0.717) is 11.6 Å². The van der Waals surface area contributed by atoms with E-state index < -0.39 is 5.41 Å². The molecule has 2 aromatic rings. The zero-order valence-electron chi connectivity index (χ0n) is 15.2. The monoisotopic (exact) mass is 387 g/mol. The van der Waals surface area contributed by atoms with Gasteiger partial charge in [-0.3, -0.25) is 9.59 Å². The minimum Gasteiger partial charge on any atom is -0.497 e. The van der Waals surface area contributed by atoms with Gasteiger partial charge in [0.2, 0.25) is 0 Å². The summed E-state index contributed by atoms with van der Waals surface area (Å²) in [6, 6.07) is 14.7. The fourth-order valence-corrected chi connectivity index (χ4v) is 3.34. The third-order valence-corrected chi connectivity index (χ3v) is 5.20. The predicted molar refractivity (Wildman–Crippen MR) is 103 cm³/mol. The van der Waals surface area contributed by atoms with Crippen LogP contribution >= 0.6 is 11.6 Å². The van der Waals surface area contributed by atoms with E-state index in [1.54, 1.807) is 19.2 Å². The molecule has 6 heteroatoms. The first-order chi connectivity index (χ1) is 13.0. The molecule has 1 fully saturated rings. The van der Waals surface area contributed by atoms with Gasteiger partial charge in [-0.15, -0.1) is 0 Å². The number of nitrogens with one attached hydrogen (secondary N) is 1. The highest BCUT2D eigenvalue weighted by Gasteiger charge is 2.47. The van der Waals surface area contributed by atoms with E-state index in [1.807, 2.05) is 36.4 Å². The topological polar surface area (TPSA) is 64.6 Å². The summed E-state index contributed by atoms with van der Waals surface area (Å²) in [5, 5.41) is 3.37. The van der Waals surface area contributed by atoms with Gasteiger partial charge in [-0.1, -0.05) is 42.3 Å². The number of hydrogen-bond donors (Lipinski definition) is 1. The minimum absolute atomic E-state index is 0.294. The molecule has 2 aromatic carbocycles. The zero-order chi connectivity index (χ0) is 19.3. The van der Waals surface area contributed by atoms with Crippen LogP contribution in [0.4, 0.5) is 0 Å². The Morgan fingerprint density at radius 2 is 1.89 bits per heavy atom. The van der Waals surface area contributed by atoms with E-state index in [9.17, 15) is 9.59 Å². The first-order valence-corrected chi connectivity index (χ1v) is 9.24. The maximum atomic E-state index is 12.6.